The van der Waals surface area contributed by atoms with Gasteiger partial charge in [-0.15, -0.1) is 0 Å². The first-order valence-corrected chi connectivity index (χ1v) is 7.75. The number of nitrogens with one attached hydrogen (secondary N) is 1. The summed E-state index contributed by atoms with van der Waals surface area (Å²) in [5, 5.41) is 13.5. The van der Waals surface area contributed by atoms with Crippen molar-refractivity contribution in [1.82, 2.24) is 0 Å². The minimum Gasteiger partial charge on any atom is -0.455 e. The summed E-state index contributed by atoms with van der Waals surface area (Å²) in [6.45, 7) is 3.10. The third-order valence-corrected chi connectivity index (χ3v) is 4.03. The molecule has 2 rings (SSSR count). The van der Waals surface area contributed by atoms with Crippen molar-refractivity contribution in [2.45, 2.75) is 33.1 Å². The second kappa shape index (κ2) is 7.72. The summed E-state index contributed by atoms with van der Waals surface area (Å²) in [6, 6.07) is 2.95. The van der Waals surface area contributed by atoms with Gasteiger partial charge in [0.25, 0.3) is 11.6 Å². The Labute approximate surface area is 139 Å². The van der Waals surface area contributed by atoms with Gasteiger partial charge >= 0.3 is 5.97 Å². The van der Waals surface area contributed by atoms with Crippen LogP contribution in [0.15, 0.2) is 24.3 Å². The van der Waals surface area contributed by atoms with E-state index in [1.807, 2.05) is 12.2 Å². The van der Waals surface area contributed by atoms with E-state index in [2.05, 4.69) is 5.32 Å². The van der Waals surface area contributed by atoms with Gasteiger partial charge < -0.3 is 10.1 Å². The first kappa shape index (κ1) is 17.7. The summed E-state index contributed by atoms with van der Waals surface area (Å²) in [6.07, 6.45) is 6.08. The van der Waals surface area contributed by atoms with Gasteiger partial charge in [0.1, 0.15) is 5.69 Å². The zero-order valence-electron chi connectivity index (χ0n) is 13.7. The minimum atomic E-state index is -0.596. The number of nitro benzene ring substituents is 1. The molecule has 1 aromatic rings. The third kappa shape index (κ3) is 4.41. The molecule has 0 radical (unpaired) electrons. The number of benzene rings is 1. The molecule has 7 heteroatoms. The van der Waals surface area contributed by atoms with Crippen LogP contribution in [-0.2, 0) is 14.3 Å². The number of nitrogens with zero attached hydrogens (tertiary/aromatic N) is 1. The van der Waals surface area contributed by atoms with Crippen molar-refractivity contribution in [3.8, 4) is 0 Å². The molecule has 7 nitrogen and oxygen atoms in total. The number of anilines is 1. The van der Waals surface area contributed by atoms with E-state index < -0.39 is 23.4 Å². The molecular weight excluding hydrogens is 312 g/mol. The Balaban J connectivity index is 1.97. The third-order valence-electron chi connectivity index (χ3n) is 4.03. The van der Waals surface area contributed by atoms with Crippen LogP contribution in [-0.4, -0.2) is 23.4 Å². The number of hydrogen-bond donors (Lipinski definition) is 1. The van der Waals surface area contributed by atoms with Gasteiger partial charge in [0, 0.05) is 6.07 Å². The van der Waals surface area contributed by atoms with E-state index in [0.29, 0.717) is 12.8 Å². The largest absolute Gasteiger partial charge is 0.455 e. The zero-order chi connectivity index (χ0) is 17.7. The van der Waals surface area contributed by atoms with E-state index in [1.165, 1.54) is 6.07 Å². The first-order valence-electron chi connectivity index (χ1n) is 7.75. The molecular formula is C17H20N2O5. The van der Waals surface area contributed by atoms with E-state index in [1.54, 1.807) is 19.9 Å². The van der Waals surface area contributed by atoms with Crippen LogP contribution in [0.1, 0.15) is 30.4 Å². The van der Waals surface area contributed by atoms with Crippen LogP contribution in [0.5, 0.6) is 0 Å². The molecule has 0 aromatic heterocycles. The van der Waals surface area contributed by atoms with Gasteiger partial charge in [-0.3, -0.25) is 19.7 Å². The predicted molar refractivity (Wildman–Crippen MR) is 88.6 cm³/mol. The molecule has 1 atom stereocenters. The van der Waals surface area contributed by atoms with Crippen molar-refractivity contribution in [3.63, 3.8) is 0 Å². The van der Waals surface area contributed by atoms with E-state index in [4.69, 9.17) is 4.74 Å². The number of hydrogen-bond acceptors (Lipinski definition) is 5. The molecule has 1 aliphatic rings. The number of rotatable bonds is 5. The lowest BCUT2D eigenvalue weighted by atomic mass is 9.95. The average Bonchev–Trinajstić information content (AvgIpc) is 2.56. The lowest BCUT2D eigenvalue weighted by Crippen LogP contribution is -2.25. The van der Waals surface area contributed by atoms with Crippen LogP contribution < -0.4 is 5.32 Å². The molecule has 1 N–H and O–H groups in total. The van der Waals surface area contributed by atoms with Crippen LogP contribution in [0.4, 0.5) is 11.4 Å². The maximum absolute atomic E-state index is 11.9. The fraction of sp³-hybridized carbons (Fsp3) is 0.412. The van der Waals surface area contributed by atoms with Gasteiger partial charge in [-0.2, -0.15) is 0 Å². The smallest absolute Gasteiger partial charge is 0.309 e. The molecule has 0 aliphatic heterocycles. The summed E-state index contributed by atoms with van der Waals surface area (Å²) in [5.74, 6) is -1.23. The molecule has 0 saturated carbocycles. The van der Waals surface area contributed by atoms with Crippen LogP contribution in [0, 0.1) is 29.9 Å². The van der Waals surface area contributed by atoms with Crippen LogP contribution in [0.3, 0.4) is 0 Å². The Bertz CT molecular complexity index is 696. The topological polar surface area (TPSA) is 98.5 Å². The molecule has 128 valence electrons. The SMILES string of the molecule is Cc1cc(NC(=O)COC(=O)[C@@H]2CC=CCC2)c([N+](=O)[O-])cc1C. The number of aryl methyl sites for hydroxylation is 2. The Morgan fingerprint density at radius 2 is 2.00 bits per heavy atom. The molecule has 0 spiro atoms. The predicted octanol–water partition coefficient (Wildman–Crippen LogP) is 3.05. The highest BCUT2D eigenvalue weighted by molar-refractivity contribution is 5.95. The first-order chi connectivity index (χ1) is 11.4. The number of nitro groups is 1. The lowest BCUT2D eigenvalue weighted by Gasteiger charge is -2.16. The monoisotopic (exact) mass is 332 g/mol. The van der Waals surface area contributed by atoms with E-state index in [-0.39, 0.29) is 17.3 Å². The number of carbonyl (C=O) groups is 2. The fourth-order valence-corrected chi connectivity index (χ4v) is 2.50. The molecule has 1 amide bonds. The lowest BCUT2D eigenvalue weighted by molar-refractivity contribution is -0.384. The standard InChI is InChI=1S/C17H20N2O5/c1-11-8-14(15(19(22)23)9-12(11)2)18-16(20)10-24-17(21)13-6-4-3-5-7-13/h3-4,8-9,13H,5-7,10H2,1-2H3,(H,18,20)/t13-/m1/s1. The second-order valence-electron chi connectivity index (χ2n) is 5.85. The van der Waals surface area contributed by atoms with E-state index in [0.717, 1.165) is 17.5 Å². The molecule has 24 heavy (non-hydrogen) atoms. The van der Waals surface area contributed by atoms with Crippen molar-refractivity contribution in [2.24, 2.45) is 5.92 Å². The minimum absolute atomic E-state index is 0.102. The average molecular weight is 332 g/mol. The second-order valence-corrected chi connectivity index (χ2v) is 5.85. The van der Waals surface area contributed by atoms with Crippen molar-refractivity contribution in [1.29, 1.82) is 0 Å². The van der Waals surface area contributed by atoms with Gasteiger partial charge in [0.15, 0.2) is 6.61 Å². The van der Waals surface area contributed by atoms with Gasteiger partial charge in [-0.1, -0.05) is 12.2 Å². The summed E-state index contributed by atoms with van der Waals surface area (Å²) in [7, 11) is 0. The molecule has 0 heterocycles. The Kier molecular flexibility index (Phi) is 5.68. The quantitative estimate of drug-likeness (QED) is 0.387. The van der Waals surface area contributed by atoms with Gasteiger partial charge in [-0.25, -0.2) is 0 Å². The highest BCUT2D eigenvalue weighted by Gasteiger charge is 2.22. The van der Waals surface area contributed by atoms with Crippen molar-refractivity contribution >= 4 is 23.3 Å². The Morgan fingerprint density at radius 3 is 2.62 bits per heavy atom. The molecule has 0 saturated heterocycles. The molecule has 1 aromatic carbocycles. The van der Waals surface area contributed by atoms with Crippen LogP contribution >= 0.6 is 0 Å². The summed E-state index contributed by atoms with van der Waals surface area (Å²) in [5.41, 5.74) is 1.50. The maximum Gasteiger partial charge on any atom is 0.309 e. The van der Waals surface area contributed by atoms with Crippen molar-refractivity contribution < 1.29 is 19.2 Å². The van der Waals surface area contributed by atoms with Crippen LogP contribution in [0.25, 0.3) is 0 Å². The highest BCUT2D eigenvalue weighted by Crippen LogP contribution is 2.28. The number of amides is 1. The normalized spacial score (nSPS) is 16.5. The molecule has 1 aliphatic carbocycles. The number of allylic oxidation sites excluding steroid dienone is 2. The maximum atomic E-state index is 11.9. The Hall–Kier alpha value is -2.70. The summed E-state index contributed by atoms with van der Waals surface area (Å²) < 4.78 is 5.02. The summed E-state index contributed by atoms with van der Waals surface area (Å²) in [4.78, 5) is 34.4. The number of esters is 1. The molecule has 0 bridgehead atoms. The number of carbonyl (C=O) groups excluding carboxylic acids is 2. The van der Waals surface area contributed by atoms with Gasteiger partial charge in [0.05, 0.1) is 10.8 Å². The van der Waals surface area contributed by atoms with Gasteiger partial charge in [-0.05, 0) is 50.3 Å². The van der Waals surface area contributed by atoms with Gasteiger partial charge in [0.2, 0.25) is 0 Å². The Morgan fingerprint density at radius 1 is 1.29 bits per heavy atom. The molecule has 0 unspecified atom stereocenters. The van der Waals surface area contributed by atoms with Crippen molar-refractivity contribution in [3.05, 3.63) is 45.5 Å². The zero-order valence-corrected chi connectivity index (χ0v) is 13.7. The summed E-state index contributed by atoms with van der Waals surface area (Å²) >= 11 is 0. The van der Waals surface area contributed by atoms with Crippen LogP contribution in [0.2, 0.25) is 0 Å². The van der Waals surface area contributed by atoms with E-state index in [9.17, 15) is 19.7 Å². The van der Waals surface area contributed by atoms with Crippen molar-refractivity contribution in [2.75, 3.05) is 11.9 Å². The fourth-order valence-electron chi connectivity index (χ4n) is 2.50. The highest BCUT2D eigenvalue weighted by atomic mass is 16.6. The number of ether oxygens (including phenoxy) is 1. The van der Waals surface area contributed by atoms with E-state index >= 15 is 0 Å². The molecule has 0 fully saturated rings.